The van der Waals surface area contributed by atoms with E-state index in [1.807, 2.05) is 11.9 Å². The van der Waals surface area contributed by atoms with Gasteiger partial charge in [0.1, 0.15) is 5.82 Å². The summed E-state index contributed by atoms with van der Waals surface area (Å²) in [5.41, 5.74) is 6.57. The van der Waals surface area contributed by atoms with Gasteiger partial charge in [-0.3, -0.25) is 4.79 Å². The van der Waals surface area contributed by atoms with Crippen LogP contribution in [-0.2, 0) is 22.6 Å². The highest BCUT2D eigenvalue weighted by molar-refractivity contribution is 5.72. The monoisotopic (exact) mass is 268 g/mol. The van der Waals surface area contributed by atoms with Crippen molar-refractivity contribution < 1.29 is 13.9 Å². The fraction of sp³-hybridized carbons (Fsp3) is 0.500. The SMILES string of the molecule is COC(=O)C(C)CN(C)Cc1cccc(CN)c1F. The Balaban J connectivity index is 2.67. The van der Waals surface area contributed by atoms with E-state index in [0.29, 0.717) is 24.2 Å². The van der Waals surface area contributed by atoms with Gasteiger partial charge in [-0.1, -0.05) is 25.1 Å². The first-order chi connectivity index (χ1) is 8.99. The van der Waals surface area contributed by atoms with Crippen LogP contribution in [0.3, 0.4) is 0 Å². The first-order valence-corrected chi connectivity index (χ1v) is 6.22. The molecule has 0 spiro atoms. The second-order valence-electron chi connectivity index (χ2n) is 4.72. The fourth-order valence-corrected chi connectivity index (χ4v) is 2.01. The molecule has 0 saturated heterocycles. The van der Waals surface area contributed by atoms with Crippen molar-refractivity contribution in [2.24, 2.45) is 11.7 Å². The number of carbonyl (C=O) groups is 1. The Kier molecular flexibility index (Phi) is 5.92. The number of carbonyl (C=O) groups excluding carboxylic acids is 1. The van der Waals surface area contributed by atoms with E-state index in [2.05, 4.69) is 4.74 Å². The van der Waals surface area contributed by atoms with Gasteiger partial charge < -0.3 is 15.4 Å². The molecule has 1 unspecified atom stereocenters. The predicted octanol–water partition coefficient (Wildman–Crippen LogP) is 1.53. The van der Waals surface area contributed by atoms with Gasteiger partial charge in [0.25, 0.3) is 0 Å². The molecule has 0 bridgehead atoms. The van der Waals surface area contributed by atoms with Crippen molar-refractivity contribution in [3.63, 3.8) is 0 Å². The maximum Gasteiger partial charge on any atom is 0.309 e. The second-order valence-corrected chi connectivity index (χ2v) is 4.72. The molecule has 1 aromatic carbocycles. The Hall–Kier alpha value is -1.46. The van der Waals surface area contributed by atoms with E-state index in [9.17, 15) is 9.18 Å². The van der Waals surface area contributed by atoms with Crippen molar-refractivity contribution in [3.05, 3.63) is 35.1 Å². The molecule has 0 aromatic heterocycles. The summed E-state index contributed by atoms with van der Waals surface area (Å²) < 4.78 is 18.7. The largest absolute Gasteiger partial charge is 0.469 e. The van der Waals surface area contributed by atoms with Crippen molar-refractivity contribution in [1.29, 1.82) is 0 Å². The van der Waals surface area contributed by atoms with Crippen LogP contribution < -0.4 is 5.73 Å². The number of hydrogen-bond donors (Lipinski definition) is 1. The van der Waals surface area contributed by atoms with Gasteiger partial charge in [-0.2, -0.15) is 0 Å². The van der Waals surface area contributed by atoms with Crippen LogP contribution in [0.15, 0.2) is 18.2 Å². The standard InChI is InChI=1S/C14H21FN2O2/c1-10(14(18)19-3)8-17(2)9-12-6-4-5-11(7-16)13(12)15/h4-6,10H,7-9,16H2,1-3H3. The molecule has 4 nitrogen and oxygen atoms in total. The minimum atomic E-state index is -0.262. The molecule has 0 aliphatic carbocycles. The predicted molar refractivity (Wildman–Crippen MR) is 71.8 cm³/mol. The highest BCUT2D eigenvalue weighted by atomic mass is 19.1. The van der Waals surface area contributed by atoms with Gasteiger partial charge >= 0.3 is 5.97 Å². The summed E-state index contributed by atoms with van der Waals surface area (Å²) >= 11 is 0. The first kappa shape index (κ1) is 15.6. The Labute approximate surface area is 113 Å². The van der Waals surface area contributed by atoms with Crippen molar-refractivity contribution in [1.82, 2.24) is 4.90 Å². The van der Waals surface area contributed by atoms with Gasteiger partial charge in [-0.05, 0) is 7.05 Å². The zero-order valence-electron chi connectivity index (χ0n) is 11.6. The number of benzene rings is 1. The van der Waals surface area contributed by atoms with Crippen LogP contribution in [0.4, 0.5) is 4.39 Å². The summed E-state index contributed by atoms with van der Waals surface area (Å²) in [5.74, 6) is -0.763. The molecule has 2 N–H and O–H groups in total. The molecule has 1 atom stereocenters. The normalized spacial score (nSPS) is 12.5. The third-order valence-corrected chi connectivity index (χ3v) is 3.01. The van der Waals surface area contributed by atoms with Gasteiger partial charge in [0, 0.05) is 30.8 Å². The third-order valence-electron chi connectivity index (χ3n) is 3.01. The lowest BCUT2D eigenvalue weighted by atomic mass is 10.1. The van der Waals surface area contributed by atoms with Gasteiger partial charge in [-0.15, -0.1) is 0 Å². The van der Waals surface area contributed by atoms with E-state index in [1.54, 1.807) is 25.1 Å². The third kappa shape index (κ3) is 4.29. The van der Waals surface area contributed by atoms with Crippen LogP contribution in [0.1, 0.15) is 18.1 Å². The summed E-state index contributed by atoms with van der Waals surface area (Å²) in [6.45, 7) is 2.91. The lowest BCUT2D eigenvalue weighted by Gasteiger charge is -2.20. The molecule has 0 fully saturated rings. The lowest BCUT2D eigenvalue weighted by molar-refractivity contribution is -0.145. The van der Waals surface area contributed by atoms with E-state index in [4.69, 9.17) is 5.73 Å². The summed E-state index contributed by atoms with van der Waals surface area (Å²) in [4.78, 5) is 13.2. The molecule has 1 aromatic rings. The van der Waals surface area contributed by atoms with E-state index in [0.717, 1.165) is 0 Å². The van der Waals surface area contributed by atoms with E-state index >= 15 is 0 Å². The molecule has 5 heteroatoms. The molecule has 19 heavy (non-hydrogen) atoms. The van der Waals surface area contributed by atoms with Crippen LogP contribution in [0.5, 0.6) is 0 Å². The average Bonchev–Trinajstić information content (AvgIpc) is 2.40. The van der Waals surface area contributed by atoms with E-state index in [1.165, 1.54) is 7.11 Å². The smallest absolute Gasteiger partial charge is 0.309 e. The van der Waals surface area contributed by atoms with Crippen LogP contribution >= 0.6 is 0 Å². The number of nitrogens with two attached hydrogens (primary N) is 1. The van der Waals surface area contributed by atoms with Crippen LogP contribution in [0, 0.1) is 11.7 Å². The Morgan fingerprint density at radius 1 is 1.47 bits per heavy atom. The molecular formula is C14H21FN2O2. The van der Waals surface area contributed by atoms with Crippen molar-refractivity contribution in [3.8, 4) is 0 Å². The molecule has 1 rings (SSSR count). The second kappa shape index (κ2) is 7.21. The zero-order valence-corrected chi connectivity index (χ0v) is 11.6. The average molecular weight is 268 g/mol. The van der Waals surface area contributed by atoms with Crippen molar-refractivity contribution >= 4 is 5.97 Å². The molecule has 0 radical (unpaired) electrons. The summed E-state index contributed by atoms with van der Waals surface area (Å²) in [6, 6.07) is 5.20. The maximum atomic E-state index is 14.0. The Bertz CT molecular complexity index is 437. The minimum Gasteiger partial charge on any atom is -0.469 e. The molecular weight excluding hydrogens is 247 g/mol. The minimum absolute atomic E-state index is 0.182. The number of methoxy groups -OCH3 is 1. The Morgan fingerprint density at radius 2 is 2.11 bits per heavy atom. The highest BCUT2D eigenvalue weighted by Gasteiger charge is 2.16. The van der Waals surface area contributed by atoms with Gasteiger partial charge in [-0.25, -0.2) is 4.39 Å². The van der Waals surface area contributed by atoms with Crippen molar-refractivity contribution in [2.75, 3.05) is 20.7 Å². The number of nitrogens with zero attached hydrogens (tertiary/aromatic N) is 1. The Morgan fingerprint density at radius 3 is 2.68 bits per heavy atom. The maximum absolute atomic E-state index is 14.0. The number of esters is 1. The number of rotatable bonds is 6. The lowest BCUT2D eigenvalue weighted by Crippen LogP contribution is -2.29. The fourth-order valence-electron chi connectivity index (χ4n) is 2.01. The van der Waals surface area contributed by atoms with Gasteiger partial charge in [0.2, 0.25) is 0 Å². The van der Waals surface area contributed by atoms with Gasteiger partial charge in [0.05, 0.1) is 13.0 Å². The van der Waals surface area contributed by atoms with Crippen molar-refractivity contribution in [2.45, 2.75) is 20.0 Å². The highest BCUT2D eigenvalue weighted by Crippen LogP contribution is 2.15. The van der Waals surface area contributed by atoms with Crippen LogP contribution in [0.2, 0.25) is 0 Å². The molecule has 106 valence electrons. The molecule has 0 saturated carbocycles. The van der Waals surface area contributed by atoms with E-state index < -0.39 is 0 Å². The molecule has 0 aliphatic rings. The van der Waals surface area contributed by atoms with Gasteiger partial charge in [0.15, 0.2) is 0 Å². The quantitative estimate of drug-likeness (QED) is 0.795. The molecule has 0 amide bonds. The van der Waals surface area contributed by atoms with Crippen LogP contribution in [-0.4, -0.2) is 31.6 Å². The van der Waals surface area contributed by atoms with Crippen LogP contribution in [0.25, 0.3) is 0 Å². The number of ether oxygens (including phenoxy) is 1. The summed E-state index contributed by atoms with van der Waals surface area (Å²) in [7, 11) is 3.21. The number of hydrogen-bond acceptors (Lipinski definition) is 4. The molecule has 0 heterocycles. The summed E-state index contributed by atoms with van der Waals surface area (Å²) in [5, 5.41) is 0. The molecule has 0 aliphatic heterocycles. The first-order valence-electron chi connectivity index (χ1n) is 6.22. The number of halogens is 1. The summed E-state index contributed by atoms with van der Waals surface area (Å²) in [6.07, 6.45) is 0. The zero-order chi connectivity index (χ0) is 14.4. The van der Waals surface area contributed by atoms with E-state index in [-0.39, 0.29) is 24.2 Å². The topological polar surface area (TPSA) is 55.6 Å².